The summed E-state index contributed by atoms with van der Waals surface area (Å²) >= 11 is 0. The molecule has 0 bridgehead atoms. The summed E-state index contributed by atoms with van der Waals surface area (Å²) in [6, 6.07) is 3.97. The molecule has 0 aromatic carbocycles. The molecule has 0 amide bonds. The smallest absolute Gasteiger partial charge is 0.147 e. The summed E-state index contributed by atoms with van der Waals surface area (Å²) in [4.78, 5) is 6.62. The van der Waals surface area contributed by atoms with Gasteiger partial charge in [-0.3, -0.25) is 9.88 Å². The minimum Gasteiger partial charge on any atom is -0.312 e. The molecule has 0 radical (unpaired) electrons. The van der Waals surface area contributed by atoms with Crippen LogP contribution in [0.3, 0.4) is 0 Å². The molecule has 3 aromatic rings. The first kappa shape index (κ1) is 17.5. The van der Waals surface area contributed by atoms with Crippen molar-refractivity contribution in [2.24, 2.45) is 0 Å². The van der Waals surface area contributed by atoms with Crippen molar-refractivity contribution < 1.29 is 0 Å². The maximum atomic E-state index is 4.68. The van der Waals surface area contributed by atoms with E-state index in [1.807, 2.05) is 16.8 Å². The lowest BCUT2D eigenvalue weighted by Gasteiger charge is -2.31. The van der Waals surface area contributed by atoms with Crippen LogP contribution >= 0.6 is 0 Å². The largest absolute Gasteiger partial charge is 0.312 e. The zero-order valence-corrected chi connectivity index (χ0v) is 16.3. The number of hydrogen-bond donors (Lipinski definition) is 1. The molecule has 28 heavy (non-hydrogen) atoms. The van der Waals surface area contributed by atoms with E-state index in [1.54, 1.807) is 12.4 Å². The molecule has 146 valence electrons. The van der Waals surface area contributed by atoms with E-state index in [-0.39, 0.29) is 0 Å². The van der Waals surface area contributed by atoms with Crippen molar-refractivity contribution in [3.8, 4) is 5.69 Å². The maximum Gasteiger partial charge on any atom is 0.147 e. The molecular formula is C20H26N8. The number of nitrogens with zero attached hydrogens (tertiary/aromatic N) is 7. The molecule has 1 fully saturated rings. The normalized spacial score (nSPS) is 18.3. The first-order valence-corrected chi connectivity index (χ1v) is 10.1. The number of hydrogen-bond acceptors (Lipinski definition) is 6. The van der Waals surface area contributed by atoms with Crippen LogP contribution in [0.2, 0.25) is 0 Å². The fourth-order valence-electron chi connectivity index (χ4n) is 4.29. The third kappa shape index (κ3) is 3.33. The number of fused-ring (bicyclic) bond motifs is 1. The Morgan fingerprint density at radius 3 is 2.75 bits per heavy atom. The van der Waals surface area contributed by atoms with Crippen LogP contribution in [0.1, 0.15) is 41.7 Å². The Labute approximate surface area is 164 Å². The lowest BCUT2D eigenvalue weighted by atomic mass is 9.95. The highest BCUT2D eigenvalue weighted by Crippen LogP contribution is 2.28. The zero-order chi connectivity index (χ0) is 18.9. The average Bonchev–Trinajstić information content (AvgIpc) is 3.33. The van der Waals surface area contributed by atoms with Crippen LogP contribution in [-0.2, 0) is 19.6 Å². The monoisotopic (exact) mass is 378 g/mol. The second kappa shape index (κ2) is 7.44. The summed E-state index contributed by atoms with van der Waals surface area (Å²) in [5, 5.41) is 17.0. The molecule has 5 heterocycles. The summed E-state index contributed by atoms with van der Waals surface area (Å²) in [5.74, 6) is 2.80. The lowest BCUT2D eigenvalue weighted by molar-refractivity contribution is 0.199. The van der Waals surface area contributed by atoms with Crippen LogP contribution in [-0.4, -0.2) is 54.1 Å². The molecule has 2 aliphatic heterocycles. The van der Waals surface area contributed by atoms with Crippen LogP contribution in [0.25, 0.3) is 5.69 Å². The van der Waals surface area contributed by atoms with Crippen LogP contribution in [0.5, 0.6) is 0 Å². The maximum absolute atomic E-state index is 4.68. The fraction of sp³-hybridized carbons (Fsp3) is 0.500. The summed E-state index contributed by atoms with van der Waals surface area (Å²) in [6.45, 7) is 8.06. The molecule has 0 unspecified atom stereocenters. The number of piperidine rings is 1. The second-order valence-corrected chi connectivity index (χ2v) is 7.74. The molecule has 1 N–H and O–H groups in total. The van der Waals surface area contributed by atoms with Crippen molar-refractivity contribution in [1.29, 1.82) is 0 Å². The van der Waals surface area contributed by atoms with Gasteiger partial charge in [-0.25, -0.2) is 4.68 Å². The molecule has 8 heteroatoms. The second-order valence-electron chi connectivity index (χ2n) is 7.74. The van der Waals surface area contributed by atoms with E-state index in [4.69, 9.17) is 0 Å². The Morgan fingerprint density at radius 1 is 1.11 bits per heavy atom. The fourth-order valence-corrected chi connectivity index (χ4v) is 4.29. The van der Waals surface area contributed by atoms with Gasteiger partial charge in [-0.15, -0.1) is 10.2 Å². The predicted molar refractivity (Wildman–Crippen MR) is 105 cm³/mol. The number of likely N-dealkylation sites (tertiary alicyclic amines) is 1. The van der Waals surface area contributed by atoms with E-state index >= 15 is 0 Å². The third-order valence-corrected chi connectivity index (χ3v) is 5.93. The van der Waals surface area contributed by atoms with Crippen LogP contribution < -0.4 is 5.32 Å². The van der Waals surface area contributed by atoms with E-state index in [0.717, 1.165) is 69.3 Å². The third-order valence-electron chi connectivity index (χ3n) is 5.93. The topological polar surface area (TPSA) is 76.7 Å². The molecule has 0 aliphatic carbocycles. The van der Waals surface area contributed by atoms with Crippen LogP contribution in [0.15, 0.2) is 30.7 Å². The van der Waals surface area contributed by atoms with Crippen LogP contribution in [0.4, 0.5) is 0 Å². The molecular weight excluding hydrogens is 352 g/mol. The van der Waals surface area contributed by atoms with Crippen molar-refractivity contribution >= 4 is 0 Å². The Bertz CT molecular complexity index is 937. The quantitative estimate of drug-likeness (QED) is 0.744. The van der Waals surface area contributed by atoms with Gasteiger partial charge in [0, 0.05) is 49.7 Å². The summed E-state index contributed by atoms with van der Waals surface area (Å²) in [6.07, 6.45) is 8.04. The predicted octanol–water partition coefficient (Wildman–Crippen LogP) is 1.65. The van der Waals surface area contributed by atoms with Gasteiger partial charge in [0.15, 0.2) is 0 Å². The molecule has 5 rings (SSSR count). The lowest BCUT2D eigenvalue weighted by Crippen LogP contribution is -2.34. The van der Waals surface area contributed by atoms with Gasteiger partial charge in [0.05, 0.1) is 17.9 Å². The summed E-state index contributed by atoms with van der Waals surface area (Å²) in [5.41, 5.74) is 3.44. The number of rotatable bonds is 4. The van der Waals surface area contributed by atoms with Crippen molar-refractivity contribution in [2.45, 2.75) is 45.3 Å². The highest BCUT2D eigenvalue weighted by atomic mass is 15.3. The van der Waals surface area contributed by atoms with Crippen molar-refractivity contribution in [2.75, 3.05) is 19.6 Å². The van der Waals surface area contributed by atoms with Gasteiger partial charge >= 0.3 is 0 Å². The Balaban J connectivity index is 1.23. The van der Waals surface area contributed by atoms with Gasteiger partial charge in [-0.1, -0.05) is 0 Å². The van der Waals surface area contributed by atoms with Gasteiger partial charge in [0.2, 0.25) is 0 Å². The first-order valence-electron chi connectivity index (χ1n) is 10.1. The van der Waals surface area contributed by atoms with Gasteiger partial charge in [0.1, 0.15) is 11.6 Å². The van der Waals surface area contributed by atoms with Crippen LogP contribution in [0, 0.1) is 6.92 Å². The van der Waals surface area contributed by atoms with Gasteiger partial charge < -0.3 is 9.88 Å². The zero-order valence-electron chi connectivity index (χ0n) is 16.3. The highest BCUT2D eigenvalue weighted by molar-refractivity contribution is 5.30. The van der Waals surface area contributed by atoms with E-state index < -0.39 is 0 Å². The van der Waals surface area contributed by atoms with Crippen molar-refractivity contribution in [3.63, 3.8) is 0 Å². The SMILES string of the molecule is Cc1nn(-c2ccncc2)cc1CN1CCC(c2nnc3n2CCNC3)CC1. The Kier molecular flexibility index (Phi) is 4.66. The van der Waals surface area contributed by atoms with Gasteiger partial charge in [-0.2, -0.15) is 5.10 Å². The molecule has 8 nitrogen and oxygen atoms in total. The minimum absolute atomic E-state index is 0.524. The first-order chi connectivity index (χ1) is 13.8. The molecule has 0 atom stereocenters. The van der Waals surface area contributed by atoms with E-state index in [2.05, 4.69) is 48.2 Å². The molecule has 0 saturated carbocycles. The molecule has 1 saturated heterocycles. The van der Waals surface area contributed by atoms with Gasteiger partial charge in [-0.05, 0) is 45.0 Å². The van der Waals surface area contributed by atoms with Crippen molar-refractivity contribution in [3.05, 3.63) is 53.6 Å². The molecule has 0 spiro atoms. The van der Waals surface area contributed by atoms with E-state index in [9.17, 15) is 0 Å². The Hall–Kier alpha value is -2.58. The number of pyridine rings is 1. The average molecular weight is 378 g/mol. The molecule has 2 aliphatic rings. The number of aryl methyl sites for hydroxylation is 1. The highest BCUT2D eigenvalue weighted by Gasteiger charge is 2.27. The summed E-state index contributed by atoms with van der Waals surface area (Å²) < 4.78 is 4.29. The van der Waals surface area contributed by atoms with E-state index in [1.165, 1.54) is 11.4 Å². The summed E-state index contributed by atoms with van der Waals surface area (Å²) in [7, 11) is 0. The van der Waals surface area contributed by atoms with Crippen molar-refractivity contribution in [1.82, 2.24) is 39.7 Å². The Morgan fingerprint density at radius 2 is 1.93 bits per heavy atom. The number of nitrogens with one attached hydrogen (secondary N) is 1. The van der Waals surface area contributed by atoms with E-state index in [0.29, 0.717) is 5.92 Å². The molecule has 3 aromatic heterocycles. The minimum atomic E-state index is 0.524. The van der Waals surface area contributed by atoms with Gasteiger partial charge in [0.25, 0.3) is 0 Å². The standard InChI is InChI=1S/C20H26N8/c1-15-17(14-28(25-15)18-2-6-21-7-3-18)13-26-9-4-16(5-10-26)20-24-23-19-12-22-8-11-27(19)20/h2-3,6-7,14,16,22H,4-5,8-13H2,1H3. The number of aromatic nitrogens is 6.